The fourth-order valence-corrected chi connectivity index (χ4v) is 3.20. The summed E-state index contributed by atoms with van der Waals surface area (Å²) in [5.41, 5.74) is 1.72. The summed E-state index contributed by atoms with van der Waals surface area (Å²) in [6.07, 6.45) is 3.23. The Bertz CT molecular complexity index is 891. The quantitative estimate of drug-likeness (QED) is 0.624. The van der Waals surface area contributed by atoms with E-state index in [9.17, 15) is 9.59 Å². The maximum Gasteiger partial charge on any atom is 0.323 e. The standard InChI is InChI=1S/C14H10BrN3O2S/c15-12-5-2-9(21-12)3-6-13(19)16-8-1-4-10-11(7-8)18-14(20)17-10/h1-7H,(H,16,19)(H2,17,18,20)/b6-3+. The number of rotatable bonds is 3. The molecule has 5 nitrogen and oxygen atoms in total. The third-order valence-electron chi connectivity index (χ3n) is 2.78. The number of halogens is 1. The zero-order valence-electron chi connectivity index (χ0n) is 10.6. The Morgan fingerprint density at radius 3 is 2.76 bits per heavy atom. The van der Waals surface area contributed by atoms with Crippen LogP contribution in [-0.4, -0.2) is 15.9 Å². The van der Waals surface area contributed by atoms with E-state index < -0.39 is 0 Å². The molecule has 2 aromatic heterocycles. The number of hydrogen-bond acceptors (Lipinski definition) is 3. The molecule has 0 aliphatic carbocycles. The number of aromatic amines is 2. The van der Waals surface area contributed by atoms with Crippen molar-refractivity contribution in [2.24, 2.45) is 0 Å². The normalized spacial score (nSPS) is 11.3. The van der Waals surface area contributed by atoms with Gasteiger partial charge in [-0.25, -0.2) is 4.79 Å². The van der Waals surface area contributed by atoms with Crippen LogP contribution in [0.5, 0.6) is 0 Å². The van der Waals surface area contributed by atoms with E-state index in [0.717, 1.165) is 8.66 Å². The van der Waals surface area contributed by atoms with E-state index in [1.54, 1.807) is 35.6 Å². The van der Waals surface area contributed by atoms with E-state index >= 15 is 0 Å². The zero-order chi connectivity index (χ0) is 14.8. The molecule has 0 saturated carbocycles. The lowest BCUT2D eigenvalue weighted by molar-refractivity contribution is -0.111. The smallest absolute Gasteiger partial charge is 0.322 e. The van der Waals surface area contributed by atoms with Crippen molar-refractivity contribution in [3.05, 3.63) is 55.6 Å². The average molecular weight is 364 g/mol. The van der Waals surface area contributed by atoms with Crippen LogP contribution >= 0.6 is 27.3 Å². The highest BCUT2D eigenvalue weighted by Gasteiger charge is 2.02. The van der Waals surface area contributed by atoms with Gasteiger partial charge in [-0.2, -0.15) is 0 Å². The first-order valence-corrected chi connectivity index (χ1v) is 7.67. The van der Waals surface area contributed by atoms with Gasteiger partial charge in [-0.3, -0.25) is 4.79 Å². The molecule has 3 rings (SSSR count). The van der Waals surface area contributed by atoms with E-state index in [2.05, 4.69) is 31.2 Å². The monoisotopic (exact) mass is 363 g/mol. The van der Waals surface area contributed by atoms with Gasteiger partial charge >= 0.3 is 5.69 Å². The van der Waals surface area contributed by atoms with Crippen molar-refractivity contribution in [2.45, 2.75) is 0 Å². The van der Waals surface area contributed by atoms with Gasteiger partial charge < -0.3 is 15.3 Å². The summed E-state index contributed by atoms with van der Waals surface area (Å²) in [6, 6.07) is 9.04. The second-order valence-corrected chi connectivity index (χ2v) is 6.80. The Hall–Kier alpha value is -2.12. The summed E-state index contributed by atoms with van der Waals surface area (Å²) < 4.78 is 1.02. The van der Waals surface area contributed by atoms with Crippen LogP contribution in [-0.2, 0) is 4.79 Å². The number of benzene rings is 1. The van der Waals surface area contributed by atoms with Crippen LogP contribution in [0.2, 0.25) is 0 Å². The molecule has 7 heteroatoms. The second-order valence-electron chi connectivity index (χ2n) is 4.30. The van der Waals surface area contributed by atoms with E-state index in [1.165, 1.54) is 6.08 Å². The van der Waals surface area contributed by atoms with Crippen molar-refractivity contribution in [3.63, 3.8) is 0 Å². The molecule has 0 bridgehead atoms. The van der Waals surface area contributed by atoms with Crippen molar-refractivity contribution in [3.8, 4) is 0 Å². The lowest BCUT2D eigenvalue weighted by atomic mass is 10.2. The minimum Gasteiger partial charge on any atom is -0.322 e. The first-order chi connectivity index (χ1) is 10.1. The average Bonchev–Trinajstić information content (AvgIpc) is 3.01. The highest BCUT2D eigenvalue weighted by atomic mass is 79.9. The molecule has 0 spiro atoms. The Kier molecular flexibility index (Phi) is 3.76. The SMILES string of the molecule is O=C(/C=C/c1ccc(Br)s1)Nc1ccc2[nH]c(=O)[nH]c2c1. The van der Waals surface area contributed by atoms with Gasteiger partial charge in [0.05, 0.1) is 14.8 Å². The van der Waals surface area contributed by atoms with Crippen LogP contribution in [0.15, 0.2) is 45.0 Å². The van der Waals surface area contributed by atoms with E-state index in [1.807, 2.05) is 12.1 Å². The molecule has 0 aliphatic heterocycles. The Morgan fingerprint density at radius 2 is 2.00 bits per heavy atom. The Morgan fingerprint density at radius 1 is 1.19 bits per heavy atom. The summed E-state index contributed by atoms with van der Waals surface area (Å²) >= 11 is 4.92. The number of carbonyl (C=O) groups is 1. The van der Waals surface area contributed by atoms with Gasteiger partial charge in [-0.1, -0.05) is 0 Å². The van der Waals surface area contributed by atoms with Crippen molar-refractivity contribution in [2.75, 3.05) is 5.32 Å². The third kappa shape index (κ3) is 3.32. The topological polar surface area (TPSA) is 77.8 Å². The molecule has 0 radical (unpaired) electrons. The fraction of sp³-hybridized carbons (Fsp3) is 0. The van der Waals surface area contributed by atoms with Crippen molar-refractivity contribution >= 4 is 56.0 Å². The highest BCUT2D eigenvalue weighted by molar-refractivity contribution is 9.11. The van der Waals surface area contributed by atoms with Crippen LogP contribution in [0.1, 0.15) is 4.88 Å². The minimum atomic E-state index is -0.267. The first-order valence-electron chi connectivity index (χ1n) is 6.06. The predicted octanol–water partition coefficient (Wildman–Crippen LogP) is 3.33. The van der Waals surface area contributed by atoms with Crippen LogP contribution in [0.25, 0.3) is 17.1 Å². The summed E-state index contributed by atoms with van der Waals surface area (Å²) in [5, 5.41) is 2.75. The van der Waals surface area contributed by atoms with Gasteiger partial charge in [-0.05, 0) is 52.3 Å². The van der Waals surface area contributed by atoms with Crippen LogP contribution in [0.3, 0.4) is 0 Å². The molecule has 2 heterocycles. The number of nitrogens with one attached hydrogen (secondary N) is 3. The lowest BCUT2D eigenvalue weighted by Crippen LogP contribution is -2.07. The molecule has 0 saturated heterocycles. The van der Waals surface area contributed by atoms with Gasteiger partial charge in [0.15, 0.2) is 0 Å². The van der Waals surface area contributed by atoms with Gasteiger partial charge in [0.2, 0.25) is 5.91 Å². The largest absolute Gasteiger partial charge is 0.323 e. The van der Waals surface area contributed by atoms with Crippen molar-refractivity contribution in [1.82, 2.24) is 9.97 Å². The maximum atomic E-state index is 11.8. The van der Waals surface area contributed by atoms with Gasteiger partial charge in [0, 0.05) is 16.6 Å². The summed E-state index contributed by atoms with van der Waals surface area (Å²) in [5.74, 6) is -0.225. The predicted molar refractivity (Wildman–Crippen MR) is 88.6 cm³/mol. The number of anilines is 1. The van der Waals surface area contributed by atoms with Gasteiger partial charge in [0.25, 0.3) is 0 Å². The van der Waals surface area contributed by atoms with Crippen LogP contribution < -0.4 is 11.0 Å². The lowest BCUT2D eigenvalue weighted by Gasteiger charge is -2.01. The van der Waals surface area contributed by atoms with Crippen molar-refractivity contribution < 1.29 is 4.79 Å². The molecule has 21 heavy (non-hydrogen) atoms. The molecule has 0 fully saturated rings. The third-order valence-corrected chi connectivity index (χ3v) is 4.37. The molecular weight excluding hydrogens is 354 g/mol. The Balaban J connectivity index is 1.73. The Labute approximate surface area is 131 Å². The minimum absolute atomic E-state index is 0.225. The molecule has 3 N–H and O–H groups in total. The fourth-order valence-electron chi connectivity index (χ4n) is 1.87. The summed E-state index contributed by atoms with van der Waals surface area (Å²) in [7, 11) is 0. The number of aromatic nitrogens is 2. The molecular formula is C14H10BrN3O2S. The first kappa shape index (κ1) is 13.8. The number of H-pyrrole nitrogens is 2. The molecule has 3 aromatic rings. The van der Waals surface area contributed by atoms with E-state index in [0.29, 0.717) is 16.7 Å². The summed E-state index contributed by atoms with van der Waals surface area (Å²) in [4.78, 5) is 29.3. The number of amides is 1. The molecule has 1 aromatic carbocycles. The number of imidazole rings is 1. The molecule has 1 amide bonds. The summed E-state index contributed by atoms with van der Waals surface area (Å²) in [6.45, 7) is 0. The van der Waals surface area contributed by atoms with E-state index in [4.69, 9.17) is 0 Å². The molecule has 0 aliphatic rings. The van der Waals surface area contributed by atoms with Crippen LogP contribution in [0.4, 0.5) is 5.69 Å². The van der Waals surface area contributed by atoms with Gasteiger partial charge in [-0.15, -0.1) is 11.3 Å². The zero-order valence-corrected chi connectivity index (χ0v) is 13.0. The van der Waals surface area contributed by atoms with Crippen LogP contribution in [0, 0.1) is 0 Å². The number of hydrogen-bond donors (Lipinski definition) is 3. The second kappa shape index (κ2) is 5.71. The van der Waals surface area contributed by atoms with Gasteiger partial charge in [0.1, 0.15) is 0 Å². The number of carbonyl (C=O) groups excluding carboxylic acids is 1. The molecule has 106 valence electrons. The van der Waals surface area contributed by atoms with Crippen molar-refractivity contribution in [1.29, 1.82) is 0 Å². The van der Waals surface area contributed by atoms with E-state index in [-0.39, 0.29) is 11.6 Å². The highest BCUT2D eigenvalue weighted by Crippen LogP contribution is 2.23. The number of thiophene rings is 1. The maximum absolute atomic E-state index is 11.8. The number of fused-ring (bicyclic) bond motifs is 1. The molecule has 0 atom stereocenters. The molecule has 0 unspecified atom stereocenters.